The van der Waals surface area contributed by atoms with E-state index in [1.54, 1.807) is 19.5 Å². The van der Waals surface area contributed by atoms with Crippen molar-refractivity contribution in [3.05, 3.63) is 59.2 Å². The van der Waals surface area contributed by atoms with Crippen LogP contribution in [0.2, 0.25) is 0 Å². The fourth-order valence-electron chi connectivity index (χ4n) is 3.60. The molecular formula is C21H21N3O2S. The number of anilines is 1. The Bertz CT molecular complexity index is 940. The summed E-state index contributed by atoms with van der Waals surface area (Å²) in [4.78, 5) is 21.2. The van der Waals surface area contributed by atoms with Crippen molar-refractivity contribution in [2.45, 2.75) is 31.6 Å². The molecular weight excluding hydrogens is 358 g/mol. The summed E-state index contributed by atoms with van der Waals surface area (Å²) in [7, 11) is 1.68. The van der Waals surface area contributed by atoms with Crippen LogP contribution in [-0.2, 0) is 11.2 Å². The minimum absolute atomic E-state index is 0.00996. The first-order chi connectivity index (χ1) is 13.2. The first kappa shape index (κ1) is 17.7. The number of methoxy groups -OCH3 is 1. The largest absolute Gasteiger partial charge is 0.497 e. The van der Waals surface area contributed by atoms with Crippen molar-refractivity contribution in [1.82, 2.24) is 9.97 Å². The molecule has 2 aromatic heterocycles. The lowest BCUT2D eigenvalue weighted by Gasteiger charge is -2.25. The Labute approximate surface area is 162 Å². The van der Waals surface area contributed by atoms with E-state index < -0.39 is 0 Å². The Morgan fingerprint density at radius 1 is 1.37 bits per heavy atom. The number of fused-ring (bicyclic) bond motifs is 1. The van der Waals surface area contributed by atoms with Gasteiger partial charge in [0, 0.05) is 29.8 Å². The number of benzene rings is 1. The molecule has 1 atom stereocenters. The highest BCUT2D eigenvalue weighted by molar-refractivity contribution is 7.14. The molecule has 0 aliphatic heterocycles. The first-order valence-corrected chi connectivity index (χ1v) is 9.93. The molecule has 1 aliphatic rings. The lowest BCUT2D eigenvalue weighted by Crippen LogP contribution is -2.18. The molecule has 0 saturated heterocycles. The number of aryl methyl sites for hydroxylation is 1. The number of hydrogen-bond donors (Lipinski definition) is 1. The number of nitrogens with zero attached hydrogens (tertiary/aromatic N) is 2. The molecule has 0 bridgehead atoms. The summed E-state index contributed by atoms with van der Waals surface area (Å²) in [5.74, 6) is 1.14. The highest BCUT2D eigenvalue weighted by atomic mass is 32.1. The van der Waals surface area contributed by atoms with Crippen molar-refractivity contribution in [2.75, 3.05) is 12.4 Å². The number of thiazole rings is 1. The summed E-state index contributed by atoms with van der Waals surface area (Å²) in [5.41, 5.74) is 4.35. The van der Waals surface area contributed by atoms with Gasteiger partial charge in [0.15, 0.2) is 5.13 Å². The number of carbonyl (C=O) groups is 1. The van der Waals surface area contributed by atoms with Gasteiger partial charge in [-0.1, -0.05) is 6.07 Å². The number of carbonyl (C=O) groups excluding carboxylic acids is 1. The van der Waals surface area contributed by atoms with Crippen molar-refractivity contribution < 1.29 is 9.53 Å². The third kappa shape index (κ3) is 4.01. The van der Waals surface area contributed by atoms with E-state index in [1.807, 2.05) is 23.6 Å². The minimum atomic E-state index is 0.00996. The number of aromatic nitrogens is 2. The average molecular weight is 379 g/mol. The van der Waals surface area contributed by atoms with E-state index in [9.17, 15) is 4.79 Å². The molecule has 6 heteroatoms. The molecule has 138 valence electrons. The van der Waals surface area contributed by atoms with Crippen LogP contribution in [0.25, 0.3) is 11.3 Å². The lowest BCUT2D eigenvalue weighted by atomic mass is 9.81. The Morgan fingerprint density at radius 3 is 3.11 bits per heavy atom. The molecule has 1 amide bonds. The second kappa shape index (κ2) is 7.88. The van der Waals surface area contributed by atoms with Crippen molar-refractivity contribution in [1.29, 1.82) is 0 Å². The Morgan fingerprint density at radius 2 is 2.30 bits per heavy atom. The second-order valence-electron chi connectivity index (χ2n) is 6.69. The summed E-state index contributed by atoms with van der Waals surface area (Å²) < 4.78 is 5.32. The summed E-state index contributed by atoms with van der Waals surface area (Å²) in [6, 6.07) is 10.0. The fourth-order valence-corrected chi connectivity index (χ4v) is 4.34. The molecule has 0 fully saturated rings. The molecule has 27 heavy (non-hydrogen) atoms. The van der Waals surface area contributed by atoms with Gasteiger partial charge in [0.05, 0.1) is 12.8 Å². The Balaban J connectivity index is 1.43. The van der Waals surface area contributed by atoms with E-state index in [1.165, 1.54) is 22.5 Å². The standard InChI is InChI=1S/C21H21N3O2S/c1-26-17-7-8-18-14(10-17)4-2-5-15(18)11-20(25)24-21-23-19(13-27-21)16-6-3-9-22-12-16/h3,6-10,12-13,15H,2,4-5,11H2,1H3,(H,23,24,25). The van der Waals surface area contributed by atoms with Gasteiger partial charge in [0.2, 0.25) is 5.91 Å². The maximum atomic E-state index is 12.6. The number of nitrogens with one attached hydrogen (secondary N) is 1. The SMILES string of the molecule is COc1ccc2c(c1)CCCC2CC(=O)Nc1nc(-c2cccnc2)cs1. The molecule has 0 radical (unpaired) electrons. The molecule has 3 aromatic rings. The third-order valence-electron chi connectivity index (χ3n) is 4.93. The van der Waals surface area contributed by atoms with E-state index in [-0.39, 0.29) is 11.8 Å². The monoisotopic (exact) mass is 379 g/mol. The van der Waals surface area contributed by atoms with Gasteiger partial charge in [0.1, 0.15) is 5.75 Å². The zero-order chi connectivity index (χ0) is 18.6. The van der Waals surface area contributed by atoms with Gasteiger partial charge < -0.3 is 10.1 Å². The van der Waals surface area contributed by atoms with E-state index in [0.29, 0.717) is 11.6 Å². The van der Waals surface area contributed by atoms with Crippen LogP contribution >= 0.6 is 11.3 Å². The van der Waals surface area contributed by atoms with E-state index in [2.05, 4.69) is 27.4 Å². The van der Waals surface area contributed by atoms with Gasteiger partial charge in [-0.15, -0.1) is 11.3 Å². The number of rotatable bonds is 5. The molecule has 0 spiro atoms. The summed E-state index contributed by atoms with van der Waals surface area (Å²) in [6.07, 6.45) is 7.16. The van der Waals surface area contributed by atoms with Gasteiger partial charge >= 0.3 is 0 Å². The fraction of sp³-hybridized carbons (Fsp3) is 0.286. The van der Waals surface area contributed by atoms with E-state index in [4.69, 9.17) is 4.74 Å². The maximum absolute atomic E-state index is 12.6. The molecule has 1 unspecified atom stereocenters. The molecule has 0 saturated carbocycles. The quantitative estimate of drug-likeness (QED) is 0.700. The van der Waals surface area contributed by atoms with Crippen LogP contribution in [0, 0.1) is 0 Å². The van der Waals surface area contributed by atoms with Crippen molar-refractivity contribution in [2.24, 2.45) is 0 Å². The maximum Gasteiger partial charge on any atom is 0.226 e. The van der Waals surface area contributed by atoms with Crippen LogP contribution in [0.3, 0.4) is 0 Å². The van der Waals surface area contributed by atoms with Gasteiger partial charge in [-0.2, -0.15) is 0 Å². The van der Waals surface area contributed by atoms with Crippen molar-refractivity contribution in [3.8, 4) is 17.0 Å². The minimum Gasteiger partial charge on any atom is -0.497 e. The van der Waals surface area contributed by atoms with Crippen molar-refractivity contribution in [3.63, 3.8) is 0 Å². The zero-order valence-electron chi connectivity index (χ0n) is 15.1. The van der Waals surface area contributed by atoms with Gasteiger partial charge in [-0.3, -0.25) is 9.78 Å². The van der Waals surface area contributed by atoms with Crippen LogP contribution in [0.5, 0.6) is 5.75 Å². The van der Waals surface area contributed by atoms with Crippen LogP contribution in [0.4, 0.5) is 5.13 Å². The number of pyridine rings is 1. The van der Waals surface area contributed by atoms with Crippen LogP contribution in [0.1, 0.15) is 36.3 Å². The van der Waals surface area contributed by atoms with Gasteiger partial charge in [-0.25, -0.2) is 4.98 Å². The highest BCUT2D eigenvalue weighted by Gasteiger charge is 2.23. The Kier molecular flexibility index (Phi) is 5.16. The normalized spacial score (nSPS) is 15.8. The Hall–Kier alpha value is -2.73. The zero-order valence-corrected chi connectivity index (χ0v) is 16.0. The van der Waals surface area contributed by atoms with Crippen LogP contribution in [-0.4, -0.2) is 23.0 Å². The average Bonchev–Trinajstić information content (AvgIpc) is 3.16. The molecule has 2 heterocycles. The topological polar surface area (TPSA) is 64.1 Å². The summed E-state index contributed by atoms with van der Waals surface area (Å²) in [6.45, 7) is 0. The van der Waals surface area contributed by atoms with Gasteiger partial charge in [0.25, 0.3) is 0 Å². The highest BCUT2D eigenvalue weighted by Crippen LogP contribution is 2.36. The van der Waals surface area contributed by atoms with E-state index in [0.717, 1.165) is 36.3 Å². The molecule has 1 aliphatic carbocycles. The second-order valence-corrected chi connectivity index (χ2v) is 7.54. The van der Waals surface area contributed by atoms with Crippen LogP contribution < -0.4 is 10.1 Å². The number of ether oxygens (including phenoxy) is 1. The molecule has 1 N–H and O–H groups in total. The lowest BCUT2D eigenvalue weighted by molar-refractivity contribution is -0.116. The first-order valence-electron chi connectivity index (χ1n) is 9.05. The number of hydrogen-bond acceptors (Lipinski definition) is 5. The predicted octanol–water partition coefficient (Wildman–Crippen LogP) is 4.66. The molecule has 4 rings (SSSR count). The predicted molar refractivity (Wildman–Crippen MR) is 107 cm³/mol. The summed E-state index contributed by atoms with van der Waals surface area (Å²) in [5, 5.41) is 5.52. The third-order valence-corrected chi connectivity index (χ3v) is 5.69. The smallest absolute Gasteiger partial charge is 0.226 e. The molecule has 5 nitrogen and oxygen atoms in total. The van der Waals surface area contributed by atoms with Gasteiger partial charge in [-0.05, 0) is 60.6 Å². The van der Waals surface area contributed by atoms with Crippen LogP contribution in [0.15, 0.2) is 48.1 Å². The molecule has 1 aromatic carbocycles. The van der Waals surface area contributed by atoms with E-state index >= 15 is 0 Å². The number of amides is 1. The van der Waals surface area contributed by atoms with Crippen molar-refractivity contribution >= 4 is 22.4 Å². The summed E-state index contributed by atoms with van der Waals surface area (Å²) >= 11 is 1.44.